The highest BCUT2D eigenvalue weighted by atomic mass is 16.2. The Morgan fingerprint density at radius 1 is 1.13 bits per heavy atom. The zero-order chi connectivity index (χ0) is 20.9. The van der Waals surface area contributed by atoms with Crippen molar-refractivity contribution < 1.29 is 9.59 Å². The lowest BCUT2D eigenvalue weighted by Crippen LogP contribution is -2.45. The van der Waals surface area contributed by atoms with Gasteiger partial charge in [-0.25, -0.2) is 4.68 Å². The SMILES string of the molecule is Cc1cccc(-c2cccc(NC(=O)[C@H]3CCCN(C(=O)Cn4cnnn4)C3)c2)c1. The molecule has 0 spiro atoms. The van der Waals surface area contributed by atoms with Gasteiger partial charge in [0.15, 0.2) is 0 Å². The maximum atomic E-state index is 12.9. The van der Waals surface area contributed by atoms with Gasteiger partial charge in [-0.3, -0.25) is 9.59 Å². The molecule has 8 heteroatoms. The number of tetrazole rings is 1. The first-order valence-corrected chi connectivity index (χ1v) is 10.0. The maximum absolute atomic E-state index is 12.9. The van der Waals surface area contributed by atoms with Crippen molar-refractivity contribution in [3.8, 4) is 11.1 Å². The molecule has 0 saturated carbocycles. The minimum absolute atomic E-state index is 0.0590. The van der Waals surface area contributed by atoms with E-state index in [9.17, 15) is 9.59 Å². The molecule has 1 atom stereocenters. The van der Waals surface area contributed by atoms with Crippen LogP contribution in [0, 0.1) is 12.8 Å². The molecule has 1 aliphatic heterocycles. The Bertz CT molecular complexity index is 1030. The second-order valence-electron chi connectivity index (χ2n) is 7.63. The van der Waals surface area contributed by atoms with Crippen LogP contribution in [0.5, 0.6) is 0 Å². The molecule has 4 rings (SSSR count). The number of carbonyl (C=O) groups is 2. The van der Waals surface area contributed by atoms with Crippen LogP contribution in [0.4, 0.5) is 5.69 Å². The molecule has 2 amide bonds. The summed E-state index contributed by atoms with van der Waals surface area (Å²) in [5.41, 5.74) is 4.12. The topological polar surface area (TPSA) is 93.0 Å². The Labute approximate surface area is 174 Å². The Morgan fingerprint density at radius 2 is 1.93 bits per heavy atom. The minimum atomic E-state index is -0.237. The fraction of sp³-hybridized carbons (Fsp3) is 0.318. The summed E-state index contributed by atoms with van der Waals surface area (Å²) >= 11 is 0. The molecule has 1 saturated heterocycles. The zero-order valence-electron chi connectivity index (χ0n) is 16.9. The van der Waals surface area contributed by atoms with E-state index >= 15 is 0 Å². The van der Waals surface area contributed by atoms with Gasteiger partial charge in [-0.05, 0) is 53.5 Å². The quantitative estimate of drug-likeness (QED) is 0.705. The molecule has 2 heterocycles. The number of hydrogen-bond donors (Lipinski definition) is 1. The lowest BCUT2D eigenvalue weighted by molar-refractivity contribution is -0.135. The monoisotopic (exact) mass is 404 g/mol. The third kappa shape index (κ3) is 4.71. The van der Waals surface area contributed by atoms with E-state index in [4.69, 9.17) is 0 Å². The fourth-order valence-electron chi connectivity index (χ4n) is 3.75. The van der Waals surface area contributed by atoms with Gasteiger partial charge < -0.3 is 10.2 Å². The van der Waals surface area contributed by atoms with Crippen LogP contribution in [0.3, 0.4) is 0 Å². The third-order valence-corrected chi connectivity index (χ3v) is 5.32. The lowest BCUT2D eigenvalue weighted by Gasteiger charge is -2.32. The van der Waals surface area contributed by atoms with Crippen LogP contribution < -0.4 is 5.32 Å². The van der Waals surface area contributed by atoms with Crippen LogP contribution in [0.15, 0.2) is 54.9 Å². The number of likely N-dealkylation sites (tertiary alicyclic amines) is 1. The molecule has 30 heavy (non-hydrogen) atoms. The van der Waals surface area contributed by atoms with Crippen molar-refractivity contribution in [1.29, 1.82) is 0 Å². The molecule has 0 aliphatic carbocycles. The largest absolute Gasteiger partial charge is 0.340 e. The number of carbonyl (C=O) groups excluding carboxylic acids is 2. The maximum Gasteiger partial charge on any atom is 0.244 e. The summed E-state index contributed by atoms with van der Waals surface area (Å²) in [5.74, 6) is -0.378. The first kappa shape index (κ1) is 19.8. The lowest BCUT2D eigenvalue weighted by atomic mass is 9.96. The number of aryl methyl sites for hydroxylation is 1. The van der Waals surface area contributed by atoms with Crippen LogP contribution in [-0.4, -0.2) is 50.0 Å². The second kappa shape index (κ2) is 8.86. The summed E-state index contributed by atoms with van der Waals surface area (Å²) < 4.78 is 1.39. The number of hydrogen-bond acceptors (Lipinski definition) is 5. The van der Waals surface area contributed by atoms with Crippen LogP contribution in [0.25, 0.3) is 11.1 Å². The van der Waals surface area contributed by atoms with Crippen molar-refractivity contribution in [3.63, 3.8) is 0 Å². The minimum Gasteiger partial charge on any atom is -0.340 e. The van der Waals surface area contributed by atoms with Gasteiger partial charge in [0, 0.05) is 18.8 Å². The van der Waals surface area contributed by atoms with Crippen molar-refractivity contribution in [2.24, 2.45) is 5.92 Å². The Morgan fingerprint density at radius 3 is 2.70 bits per heavy atom. The van der Waals surface area contributed by atoms with E-state index in [-0.39, 0.29) is 24.3 Å². The smallest absolute Gasteiger partial charge is 0.244 e. The normalized spacial score (nSPS) is 16.3. The van der Waals surface area contributed by atoms with E-state index in [1.54, 1.807) is 4.90 Å². The van der Waals surface area contributed by atoms with Crippen LogP contribution in [-0.2, 0) is 16.1 Å². The molecule has 1 aromatic heterocycles. The fourth-order valence-corrected chi connectivity index (χ4v) is 3.75. The zero-order valence-corrected chi connectivity index (χ0v) is 16.9. The van der Waals surface area contributed by atoms with Gasteiger partial charge in [0.25, 0.3) is 0 Å². The molecule has 0 unspecified atom stereocenters. The number of nitrogens with zero attached hydrogens (tertiary/aromatic N) is 5. The summed E-state index contributed by atoms with van der Waals surface area (Å²) in [6, 6.07) is 16.1. The van der Waals surface area contributed by atoms with Crippen LogP contribution >= 0.6 is 0 Å². The summed E-state index contributed by atoms with van der Waals surface area (Å²) in [7, 11) is 0. The van der Waals surface area contributed by atoms with Crippen molar-refractivity contribution in [2.75, 3.05) is 18.4 Å². The third-order valence-electron chi connectivity index (χ3n) is 5.32. The molecular formula is C22H24N6O2. The van der Waals surface area contributed by atoms with Crippen molar-refractivity contribution in [3.05, 3.63) is 60.4 Å². The molecule has 0 radical (unpaired) electrons. The summed E-state index contributed by atoms with van der Waals surface area (Å²) in [6.45, 7) is 3.20. The van der Waals surface area contributed by atoms with E-state index in [0.29, 0.717) is 13.1 Å². The van der Waals surface area contributed by atoms with Gasteiger partial charge in [0.1, 0.15) is 12.9 Å². The number of nitrogens with one attached hydrogen (secondary N) is 1. The summed E-state index contributed by atoms with van der Waals surface area (Å²) in [5, 5.41) is 13.8. The molecule has 0 bridgehead atoms. The molecule has 3 aromatic rings. The summed E-state index contributed by atoms with van der Waals surface area (Å²) in [4.78, 5) is 27.1. The van der Waals surface area contributed by atoms with E-state index in [2.05, 4.69) is 46.0 Å². The van der Waals surface area contributed by atoms with E-state index in [0.717, 1.165) is 29.7 Å². The summed E-state index contributed by atoms with van der Waals surface area (Å²) in [6.07, 6.45) is 2.97. The van der Waals surface area contributed by atoms with Gasteiger partial charge in [-0.2, -0.15) is 0 Å². The van der Waals surface area contributed by atoms with Crippen molar-refractivity contribution >= 4 is 17.5 Å². The molecule has 8 nitrogen and oxygen atoms in total. The van der Waals surface area contributed by atoms with Crippen molar-refractivity contribution in [1.82, 2.24) is 25.1 Å². The first-order valence-electron chi connectivity index (χ1n) is 10.0. The number of aromatic nitrogens is 4. The van der Waals surface area contributed by atoms with Crippen LogP contribution in [0.2, 0.25) is 0 Å². The molecule has 1 fully saturated rings. The predicted octanol–water partition coefficient (Wildman–Crippen LogP) is 2.53. The standard InChI is InChI=1S/C22H24N6O2/c1-16-5-2-6-17(11-16)18-7-3-9-20(12-18)24-22(30)19-8-4-10-27(13-19)21(29)14-28-15-23-25-26-28/h2-3,5-7,9,11-12,15,19H,4,8,10,13-14H2,1H3,(H,24,30)/t19-/m0/s1. The Kier molecular flexibility index (Phi) is 5.83. The van der Waals surface area contributed by atoms with Gasteiger partial charge in [-0.15, -0.1) is 5.10 Å². The highest BCUT2D eigenvalue weighted by Crippen LogP contribution is 2.25. The van der Waals surface area contributed by atoms with E-state index < -0.39 is 0 Å². The average Bonchev–Trinajstić information content (AvgIpc) is 3.27. The highest BCUT2D eigenvalue weighted by molar-refractivity contribution is 5.93. The Hall–Kier alpha value is -3.55. The molecular weight excluding hydrogens is 380 g/mol. The molecule has 1 N–H and O–H groups in total. The Balaban J connectivity index is 1.40. The van der Waals surface area contributed by atoms with Gasteiger partial charge >= 0.3 is 0 Å². The number of rotatable bonds is 5. The van der Waals surface area contributed by atoms with Crippen LogP contribution in [0.1, 0.15) is 18.4 Å². The number of piperidine rings is 1. The molecule has 154 valence electrons. The van der Waals surface area contributed by atoms with Gasteiger partial charge in [0.2, 0.25) is 11.8 Å². The predicted molar refractivity (Wildman–Crippen MR) is 112 cm³/mol. The van der Waals surface area contributed by atoms with E-state index in [1.165, 1.54) is 16.6 Å². The van der Waals surface area contributed by atoms with E-state index in [1.807, 2.05) is 30.3 Å². The molecule has 2 aromatic carbocycles. The van der Waals surface area contributed by atoms with Gasteiger partial charge in [-0.1, -0.05) is 42.0 Å². The number of anilines is 1. The number of benzene rings is 2. The first-order chi connectivity index (χ1) is 14.6. The van der Waals surface area contributed by atoms with Gasteiger partial charge in [0.05, 0.1) is 5.92 Å². The average molecular weight is 404 g/mol. The molecule has 1 aliphatic rings. The van der Waals surface area contributed by atoms with Crippen molar-refractivity contribution in [2.45, 2.75) is 26.3 Å². The highest BCUT2D eigenvalue weighted by Gasteiger charge is 2.28. The number of amides is 2. The second-order valence-corrected chi connectivity index (χ2v) is 7.63.